The van der Waals surface area contributed by atoms with Crippen LogP contribution in [0, 0.1) is 24.5 Å². The molecular formula is C18H22F2N4O. The number of aromatic nitrogens is 2. The Morgan fingerprint density at radius 1 is 1.36 bits per heavy atom. The van der Waals surface area contributed by atoms with Gasteiger partial charge in [0.2, 0.25) is 5.91 Å². The highest BCUT2D eigenvalue weighted by atomic mass is 19.2. The van der Waals surface area contributed by atoms with Crippen molar-refractivity contribution in [2.24, 2.45) is 5.92 Å². The number of carbonyl (C=O) groups excluding carboxylic acids is 1. The molecule has 1 saturated heterocycles. The monoisotopic (exact) mass is 348 g/mol. The zero-order chi connectivity index (χ0) is 17.8. The summed E-state index contributed by atoms with van der Waals surface area (Å²) in [4.78, 5) is 14.0. The van der Waals surface area contributed by atoms with Gasteiger partial charge in [-0.2, -0.15) is 5.10 Å². The van der Waals surface area contributed by atoms with E-state index in [2.05, 4.69) is 10.4 Å². The lowest BCUT2D eigenvalue weighted by Gasteiger charge is -2.19. The Balaban J connectivity index is 1.42. The summed E-state index contributed by atoms with van der Waals surface area (Å²) in [6.07, 6.45) is 4.98. The summed E-state index contributed by atoms with van der Waals surface area (Å²) in [6, 6.07) is 3.96. The molecule has 1 atom stereocenters. The lowest BCUT2D eigenvalue weighted by Crippen LogP contribution is -2.31. The van der Waals surface area contributed by atoms with E-state index >= 15 is 0 Å². The summed E-state index contributed by atoms with van der Waals surface area (Å²) >= 11 is 0. The molecule has 0 spiro atoms. The third-order valence-electron chi connectivity index (χ3n) is 4.47. The van der Waals surface area contributed by atoms with Crippen LogP contribution in [0.3, 0.4) is 0 Å². The van der Waals surface area contributed by atoms with E-state index in [1.807, 2.05) is 18.0 Å². The van der Waals surface area contributed by atoms with E-state index in [9.17, 15) is 13.6 Å². The molecule has 1 amide bonds. The summed E-state index contributed by atoms with van der Waals surface area (Å²) < 4.78 is 28.1. The van der Waals surface area contributed by atoms with Gasteiger partial charge in [-0.15, -0.1) is 0 Å². The van der Waals surface area contributed by atoms with Crippen LogP contribution in [0.5, 0.6) is 0 Å². The zero-order valence-electron chi connectivity index (χ0n) is 14.2. The number of hydrogen-bond donors (Lipinski definition) is 1. The highest BCUT2D eigenvalue weighted by Gasteiger charge is 2.23. The van der Waals surface area contributed by atoms with Crippen LogP contribution in [0.25, 0.3) is 0 Å². The second kappa shape index (κ2) is 7.63. The molecular weight excluding hydrogens is 326 g/mol. The average Bonchev–Trinajstić information content (AvgIpc) is 3.22. The number of amides is 1. The molecule has 3 rings (SSSR count). The molecule has 1 N–H and O–H groups in total. The van der Waals surface area contributed by atoms with Gasteiger partial charge in [0.05, 0.1) is 6.20 Å². The topological polar surface area (TPSA) is 50.2 Å². The Bertz CT molecular complexity index is 746. The number of anilines is 1. The average molecular weight is 348 g/mol. The van der Waals surface area contributed by atoms with Crippen LogP contribution in [0.2, 0.25) is 0 Å². The normalized spacial score (nSPS) is 17.1. The van der Waals surface area contributed by atoms with Crippen LogP contribution in [0.15, 0.2) is 30.6 Å². The van der Waals surface area contributed by atoms with Gasteiger partial charge in [-0.05, 0) is 37.0 Å². The third-order valence-corrected chi connectivity index (χ3v) is 4.47. The van der Waals surface area contributed by atoms with Crippen LogP contribution in [-0.4, -0.2) is 35.3 Å². The first kappa shape index (κ1) is 17.4. The molecule has 7 heteroatoms. The van der Waals surface area contributed by atoms with Crippen molar-refractivity contribution in [3.05, 3.63) is 47.8 Å². The van der Waals surface area contributed by atoms with Gasteiger partial charge in [0, 0.05) is 50.6 Å². The minimum atomic E-state index is -0.834. The van der Waals surface area contributed by atoms with Crippen molar-refractivity contribution < 1.29 is 13.6 Å². The van der Waals surface area contributed by atoms with Gasteiger partial charge in [0.15, 0.2) is 11.6 Å². The molecule has 0 radical (unpaired) electrons. The van der Waals surface area contributed by atoms with Crippen LogP contribution in [0.4, 0.5) is 14.5 Å². The van der Waals surface area contributed by atoms with Crippen molar-refractivity contribution in [2.75, 3.05) is 24.5 Å². The van der Waals surface area contributed by atoms with Crippen LogP contribution < -0.4 is 10.2 Å². The number of nitrogens with one attached hydrogen (secondary N) is 1. The second-order valence-corrected chi connectivity index (χ2v) is 6.53. The molecule has 1 fully saturated rings. The fourth-order valence-corrected chi connectivity index (χ4v) is 3.07. The number of carbonyl (C=O) groups is 1. The largest absolute Gasteiger partial charge is 0.371 e. The van der Waals surface area contributed by atoms with Crippen molar-refractivity contribution >= 4 is 11.6 Å². The Hall–Kier alpha value is -2.44. The molecule has 2 heterocycles. The summed E-state index contributed by atoms with van der Waals surface area (Å²) in [7, 11) is 0. The third kappa shape index (κ3) is 4.55. The lowest BCUT2D eigenvalue weighted by atomic mass is 10.1. The molecule has 134 valence electrons. The molecule has 0 aliphatic carbocycles. The molecule has 5 nitrogen and oxygen atoms in total. The van der Waals surface area contributed by atoms with Crippen LogP contribution in [0.1, 0.15) is 18.4 Å². The van der Waals surface area contributed by atoms with E-state index in [1.54, 1.807) is 16.9 Å². The minimum Gasteiger partial charge on any atom is -0.371 e. The summed E-state index contributed by atoms with van der Waals surface area (Å²) in [5.41, 5.74) is 1.76. The van der Waals surface area contributed by atoms with E-state index in [1.165, 1.54) is 6.07 Å². The fourth-order valence-electron chi connectivity index (χ4n) is 3.07. The first-order chi connectivity index (χ1) is 12.0. The highest BCUT2D eigenvalue weighted by molar-refractivity contribution is 5.75. The first-order valence-corrected chi connectivity index (χ1v) is 8.47. The van der Waals surface area contributed by atoms with Crippen molar-refractivity contribution in [3.8, 4) is 0 Å². The molecule has 0 bridgehead atoms. The van der Waals surface area contributed by atoms with Crippen LogP contribution in [-0.2, 0) is 11.3 Å². The molecule has 1 unspecified atom stereocenters. The molecule has 25 heavy (non-hydrogen) atoms. The first-order valence-electron chi connectivity index (χ1n) is 8.47. The minimum absolute atomic E-state index is 0.000528. The Labute approximate surface area is 145 Å². The van der Waals surface area contributed by atoms with E-state index in [4.69, 9.17) is 0 Å². The van der Waals surface area contributed by atoms with Crippen LogP contribution >= 0.6 is 0 Å². The van der Waals surface area contributed by atoms with E-state index < -0.39 is 11.6 Å². The molecule has 1 aliphatic rings. The van der Waals surface area contributed by atoms with Gasteiger partial charge in [-0.25, -0.2) is 8.78 Å². The summed E-state index contributed by atoms with van der Waals surface area (Å²) in [5.74, 6) is -1.36. The number of halogens is 2. The van der Waals surface area contributed by atoms with Gasteiger partial charge in [-0.3, -0.25) is 9.48 Å². The fraction of sp³-hybridized carbons (Fsp3) is 0.444. The van der Waals surface area contributed by atoms with Crippen molar-refractivity contribution in [1.29, 1.82) is 0 Å². The second-order valence-electron chi connectivity index (χ2n) is 6.53. The number of hydrogen-bond acceptors (Lipinski definition) is 3. The number of nitrogens with zero attached hydrogens (tertiary/aromatic N) is 3. The standard InChI is InChI=1S/C18H22F2N4O/c1-13-9-22-24(11-13)7-5-18(25)21-10-14-4-6-23(12-14)15-2-3-16(19)17(20)8-15/h2-3,8-9,11,14H,4-7,10,12H2,1H3,(H,21,25). The summed E-state index contributed by atoms with van der Waals surface area (Å²) in [6.45, 7) is 4.62. The SMILES string of the molecule is Cc1cnn(CCC(=O)NCC2CCN(c3ccc(F)c(F)c3)C2)c1. The van der Waals surface area contributed by atoms with E-state index in [0.717, 1.165) is 31.1 Å². The van der Waals surface area contributed by atoms with E-state index in [-0.39, 0.29) is 5.91 Å². The van der Waals surface area contributed by atoms with Gasteiger partial charge < -0.3 is 10.2 Å². The van der Waals surface area contributed by atoms with Gasteiger partial charge in [0.1, 0.15) is 0 Å². The van der Waals surface area contributed by atoms with Gasteiger partial charge in [-0.1, -0.05) is 0 Å². The maximum atomic E-state index is 13.3. The number of aryl methyl sites for hydroxylation is 2. The van der Waals surface area contributed by atoms with Gasteiger partial charge >= 0.3 is 0 Å². The molecule has 1 aromatic heterocycles. The highest BCUT2D eigenvalue weighted by Crippen LogP contribution is 2.24. The smallest absolute Gasteiger partial charge is 0.221 e. The maximum Gasteiger partial charge on any atom is 0.221 e. The number of benzene rings is 1. The molecule has 1 aromatic carbocycles. The van der Waals surface area contributed by atoms with Crippen molar-refractivity contribution in [2.45, 2.75) is 26.3 Å². The van der Waals surface area contributed by atoms with E-state index in [0.29, 0.717) is 31.1 Å². The summed E-state index contributed by atoms with van der Waals surface area (Å²) in [5, 5.41) is 7.11. The van der Waals surface area contributed by atoms with Crippen molar-refractivity contribution in [3.63, 3.8) is 0 Å². The molecule has 1 aliphatic heterocycles. The van der Waals surface area contributed by atoms with Gasteiger partial charge in [0.25, 0.3) is 0 Å². The molecule has 0 saturated carbocycles. The van der Waals surface area contributed by atoms with Crippen molar-refractivity contribution in [1.82, 2.24) is 15.1 Å². The Morgan fingerprint density at radius 3 is 2.92 bits per heavy atom. The zero-order valence-corrected chi connectivity index (χ0v) is 14.2. The predicted molar refractivity (Wildman–Crippen MR) is 91.3 cm³/mol. The predicted octanol–water partition coefficient (Wildman–Crippen LogP) is 2.50. The number of rotatable bonds is 6. The quantitative estimate of drug-likeness (QED) is 0.873. The Morgan fingerprint density at radius 2 is 2.20 bits per heavy atom. The maximum absolute atomic E-state index is 13.3. The Kier molecular flexibility index (Phi) is 5.31. The lowest BCUT2D eigenvalue weighted by molar-refractivity contribution is -0.121. The molecule has 2 aromatic rings.